The van der Waals surface area contributed by atoms with Crippen molar-refractivity contribution in [2.24, 2.45) is 10.7 Å². The monoisotopic (exact) mass is 602 g/mol. The number of nitrogens with one attached hydrogen (secondary N) is 1. The number of nitrogens with two attached hydrogens (primary N) is 2. The zero-order chi connectivity index (χ0) is 31.7. The smallest absolute Gasteiger partial charge is 0.199 e. The number of nitriles is 1. The number of guanidine groups is 1. The summed E-state index contributed by atoms with van der Waals surface area (Å²) < 4.78 is 2.09. The van der Waals surface area contributed by atoms with Crippen molar-refractivity contribution in [3.63, 3.8) is 0 Å². The summed E-state index contributed by atoms with van der Waals surface area (Å²) in [6, 6.07) is 44.1. The molecule has 6 aromatic rings. The number of nitrogen functional groups attached to an aromatic ring is 1. The summed E-state index contributed by atoms with van der Waals surface area (Å²) in [4.78, 5) is 4.42. The molecule has 6 rings (SSSR count). The number of hydrogen-bond acceptors (Lipinski definition) is 5. The molecule has 2 aromatic heterocycles. The number of hydrogen-bond donors (Lipinski definition) is 3. The highest BCUT2D eigenvalue weighted by atomic mass is 15.2. The molecule has 5 N–H and O–H groups in total. The molecule has 0 saturated carbocycles. The van der Waals surface area contributed by atoms with Gasteiger partial charge in [-0.2, -0.15) is 10.3 Å². The van der Waals surface area contributed by atoms with Crippen molar-refractivity contribution in [1.82, 2.24) is 14.8 Å². The van der Waals surface area contributed by atoms with Crippen LogP contribution < -0.4 is 16.8 Å². The number of aromatic nitrogens is 3. The number of rotatable bonds is 10. The molecule has 0 bridgehead atoms. The highest BCUT2D eigenvalue weighted by Crippen LogP contribution is 2.40. The Morgan fingerprint density at radius 2 is 1.37 bits per heavy atom. The zero-order valence-corrected chi connectivity index (χ0v) is 25.3. The number of benzene rings is 4. The van der Waals surface area contributed by atoms with Gasteiger partial charge < -0.3 is 21.4 Å². The second-order valence-electron chi connectivity index (χ2n) is 10.9. The summed E-state index contributed by atoms with van der Waals surface area (Å²) in [6.45, 7) is 0.675. The number of aryl methyl sites for hydroxylation is 1. The van der Waals surface area contributed by atoms with E-state index in [1.54, 1.807) is 6.07 Å². The molecule has 8 heteroatoms. The molecule has 0 saturated heterocycles. The predicted octanol–water partition coefficient (Wildman–Crippen LogP) is 7.81. The molecule has 226 valence electrons. The van der Waals surface area contributed by atoms with Gasteiger partial charge in [-0.15, -0.1) is 10.2 Å². The number of aliphatic imine (C=N–C) groups is 1. The van der Waals surface area contributed by atoms with E-state index in [4.69, 9.17) is 11.5 Å². The first-order valence-electron chi connectivity index (χ1n) is 15.2. The molecular formula is C38H34N8. The van der Waals surface area contributed by atoms with Gasteiger partial charge in [-0.25, -0.2) is 0 Å². The maximum Gasteiger partial charge on any atom is 0.199 e. The average Bonchev–Trinajstić information content (AvgIpc) is 3.39. The van der Waals surface area contributed by atoms with Crippen LogP contribution >= 0.6 is 0 Å². The van der Waals surface area contributed by atoms with E-state index in [1.807, 2.05) is 103 Å². The van der Waals surface area contributed by atoms with Gasteiger partial charge in [-0.3, -0.25) is 0 Å². The Bertz CT molecular complexity index is 1980. The molecule has 0 unspecified atom stereocenters. The first-order valence-corrected chi connectivity index (χ1v) is 15.2. The van der Waals surface area contributed by atoms with E-state index in [0.717, 1.165) is 64.2 Å². The lowest BCUT2D eigenvalue weighted by Gasteiger charge is -2.14. The maximum atomic E-state index is 10.1. The number of para-hydroxylation sites is 1. The van der Waals surface area contributed by atoms with E-state index in [2.05, 4.69) is 49.3 Å². The van der Waals surface area contributed by atoms with Gasteiger partial charge in [0, 0.05) is 23.4 Å². The van der Waals surface area contributed by atoms with Crippen molar-refractivity contribution in [3.8, 4) is 39.7 Å². The fourth-order valence-electron chi connectivity index (χ4n) is 5.65. The Morgan fingerprint density at radius 1 is 0.739 bits per heavy atom. The minimum absolute atomic E-state index is 0.235. The Balaban J connectivity index is 1.16. The van der Waals surface area contributed by atoms with Crippen LogP contribution in [0.3, 0.4) is 0 Å². The highest BCUT2D eigenvalue weighted by Gasteiger charge is 2.23. The van der Waals surface area contributed by atoms with Crippen molar-refractivity contribution < 1.29 is 0 Å². The molecule has 46 heavy (non-hydrogen) atoms. The van der Waals surface area contributed by atoms with Crippen LogP contribution in [-0.4, -0.2) is 20.7 Å². The van der Waals surface area contributed by atoms with Gasteiger partial charge in [0.1, 0.15) is 17.5 Å². The molecule has 4 aromatic carbocycles. The summed E-state index contributed by atoms with van der Waals surface area (Å²) in [5.41, 5.74) is 21.1. The lowest BCUT2D eigenvalue weighted by molar-refractivity contribution is 0.621. The quantitative estimate of drug-likeness (QED) is 0.0832. The van der Waals surface area contributed by atoms with Gasteiger partial charge in [0.2, 0.25) is 0 Å². The van der Waals surface area contributed by atoms with E-state index in [1.165, 1.54) is 0 Å². The Morgan fingerprint density at radius 3 is 2.02 bits per heavy atom. The van der Waals surface area contributed by atoms with Crippen molar-refractivity contribution in [3.05, 3.63) is 139 Å². The van der Waals surface area contributed by atoms with Gasteiger partial charge in [0.15, 0.2) is 11.8 Å². The Kier molecular flexibility index (Phi) is 9.12. The molecule has 0 aliphatic carbocycles. The summed E-state index contributed by atoms with van der Waals surface area (Å²) in [6.07, 6.45) is 2.58. The van der Waals surface area contributed by atoms with Gasteiger partial charge in [0.25, 0.3) is 0 Å². The zero-order valence-electron chi connectivity index (χ0n) is 25.3. The van der Waals surface area contributed by atoms with Crippen LogP contribution in [-0.2, 0) is 13.0 Å². The van der Waals surface area contributed by atoms with Crippen LogP contribution in [0, 0.1) is 11.3 Å². The third-order valence-corrected chi connectivity index (χ3v) is 7.84. The van der Waals surface area contributed by atoms with Crippen LogP contribution in [0.2, 0.25) is 0 Å². The van der Waals surface area contributed by atoms with E-state index in [9.17, 15) is 5.26 Å². The van der Waals surface area contributed by atoms with E-state index < -0.39 is 0 Å². The second-order valence-corrected chi connectivity index (χ2v) is 10.9. The summed E-state index contributed by atoms with van der Waals surface area (Å²) >= 11 is 0. The lowest BCUT2D eigenvalue weighted by Crippen LogP contribution is -2.22. The SMILES string of the molecule is N#Cc1c(-c2ccccc2)c(-c2ccccc2)n(CCCCc2ccccc2NC(N)=Nc2ccc(-c3ccccc3)nn2)c1N. The van der Waals surface area contributed by atoms with Crippen LogP contribution in [0.1, 0.15) is 24.0 Å². The van der Waals surface area contributed by atoms with Crippen molar-refractivity contribution >= 4 is 23.3 Å². The van der Waals surface area contributed by atoms with Crippen LogP contribution in [0.5, 0.6) is 0 Å². The summed E-state index contributed by atoms with van der Waals surface area (Å²) in [7, 11) is 0. The Labute approximate surface area is 268 Å². The van der Waals surface area contributed by atoms with Crippen molar-refractivity contribution in [2.75, 3.05) is 11.1 Å². The molecule has 8 nitrogen and oxygen atoms in total. The summed E-state index contributed by atoms with van der Waals surface area (Å²) in [5.74, 6) is 1.15. The van der Waals surface area contributed by atoms with E-state index >= 15 is 0 Å². The molecule has 0 atom stereocenters. The number of anilines is 2. The van der Waals surface area contributed by atoms with Gasteiger partial charge in [0.05, 0.1) is 11.4 Å². The van der Waals surface area contributed by atoms with E-state index in [-0.39, 0.29) is 5.96 Å². The molecule has 0 fully saturated rings. The first-order chi connectivity index (χ1) is 22.6. The predicted molar refractivity (Wildman–Crippen MR) is 186 cm³/mol. The largest absolute Gasteiger partial charge is 0.384 e. The minimum Gasteiger partial charge on any atom is -0.384 e. The molecular weight excluding hydrogens is 568 g/mol. The minimum atomic E-state index is 0.235. The topological polar surface area (TPSA) is 131 Å². The van der Waals surface area contributed by atoms with Crippen molar-refractivity contribution in [2.45, 2.75) is 25.8 Å². The molecule has 0 aliphatic rings. The van der Waals surface area contributed by atoms with Crippen LogP contribution in [0.15, 0.2) is 132 Å². The van der Waals surface area contributed by atoms with Gasteiger partial charge in [-0.05, 0) is 54.2 Å². The fourth-order valence-corrected chi connectivity index (χ4v) is 5.65. The summed E-state index contributed by atoms with van der Waals surface area (Å²) in [5, 5.41) is 21.9. The van der Waals surface area contributed by atoms with Gasteiger partial charge in [-0.1, -0.05) is 109 Å². The van der Waals surface area contributed by atoms with Crippen LogP contribution in [0.4, 0.5) is 17.3 Å². The standard InChI is InChI=1S/C38H34N8/c39-26-31-35(29-18-6-2-7-19-29)36(30-20-8-3-9-21-30)46(37(31)40)25-13-12-17-27-16-10-11-22-32(27)42-38(41)43-34-24-23-33(44-45-34)28-14-4-1-5-15-28/h1-11,14-16,18-24H,12-13,17,25,40H2,(H3,41,42,43,45). The first kappa shape index (κ1) is 29.9. The average molecular weight is 603 g/mol. The molecule has 0 spiro atoms. The number of unbranched alkanes of at least 4 members (excludes halogenated alkanes) is 1. The third-order valence-electron chi connectivity index (χ3n) is 7.84. The number of nitrogens with zero attached hydrogens (tertiary/aromatic N) is 5. The van der Waals surface area contributed by atoms with Crippen LogP contribution in [0.25, 0.3) is 33.6 Å². The maximum absolute atomic E-state index is 10.1. The normalized spacial score (nSPS) is 11.2. The third kappa shape index (κ3) is 6.64. The van der Waals surface area contributed by atoms with E-state index in [0.29, 0.717) is 23.7 Å². The molecule has 0 aliphatic heterocycles. The van der Waals surface area contributed by atoms with Crippen molar-refractivity contribution in [1.29, 1.82) is 5.26 Å². The fraction of sp³-hybridized carbons (Fsp3) is 0.105. The molecule has 0 amide bonds. The molecule has 0 radical (unpaired) electrons. The van der Waals surface area contributed by atoms with Gasteiger partial charge >= 0.3 is 0 Å². The lowest BCUT2D eigenvalue weighted by atomic mass is 9.98. The highest BCUT2D eigenvalue weighted by molar-refractivity contribution is 5.94. The second kappa shape index (κ2) is 14.1. The molecule has 2 heterocycles. The Hall–Kier alpha value is -6.20.